The number of benzene rings is 1. The largest absolute Gasteiger partial charge is 0.494 e. The second-order valence-electron chi connectivity index (χ2n) is 3.58. The second-order valence-corrected chi connectivity index (χ2v) is 3.58. The Morgan fingerprint density at radius 1 is 1.38 bits per heavy atom. The van der Waals surface area contributed by atoms with Crippen molar-refractivity contribution >= 4 is 0 Å². The lowest BCUT2D eigenvalue weighted by Gasteiger charge is -1.99. The molecule has 16 heavy (non-hydrogen) atoms. The van der Waals surface area contributed by atoms with Crippen LogP contribution in [0.1, 0.15) is 19.8 Å². The lowest BCUT2D eigenvalue weighted by Crippen LogP contribution is -1.94. The van der Waals surface area contributed by atoms with E-state index in [1.165, 1.54) is 32.1 Å². The Morgan fingerprint density at radius 3 is 2.50 bits per heavy atom. The molecule has 0 aromatic heterocycles. The third-order valence-corrected chi connectivity index (χ3v) is 2.29. The Morgan fingerprint density at radius 2 is 2.12 bits per heavy atom. The van der Waals surface area contributed by atoms with Gasteiger partial charge in [0, 0.05) is 6.61 Å². The molecular weight excluding hydrogens is 214 g/mol. The minimum atomic E-state index is -0.940. The van der Waals surface area contributed by atoms with Crippen molar-refractivity contribution in [2.24, 2.45) is 0 Å². The fourth-order valence-corrected chi connectivity index (χ4v) is 1.38. The Labute approximate surface area is 94.2 Å². The second kappa shape index (κ2) is 6.43. The van der Waals surface area contributed by atoms with Gasteiger partial charge in [-0.3, -0.25) is 0 Å². The summed E-state index contributed by atoms with van der Waals surface area (Å²) in [5.74, 6) is -1.90. The number of hydrogen-bond acceptors (Lipinski definition) is 2. The van der Waals surface area contributed by atoms with Gasteiger partial charge in [-0.1, -0.05) is 6.07 Å². The fraction of sp³-hybridized carbons (Fsp3) is 0.500. The molecule has 0 unspecified atom stereocenters. The quantitative estimate of drug-likeness (QED) is 0.737. The molecular formula is C12H16F2O2. The number of hydrogen-bond donors (Lipinski definition) is 0. The number of methoxy groups -OCH3 is 1. The summed E-state index contributed by atoms with van der Waals surface area (Å²) < 4.78 is 34.5. The molecule has 1 saturated heterocycles. The molecule has 1 fully saturated rings. The standard InChI is InChI=1S/C7H6F2O.C5H10O/c1-10-6-4-2-3-5(8)7(6)9;1-5-3-2-4-6-5/h2-4H,1H3;5H,2-4H2,1H3/t;5-/m.1/s1. The monoisotopic (exact) mass is 230 g/mol. The van der Waals surface area contributed by atoms with E-state index in [4.69, 9.17) is 4.74 Å². The van der Waals surface area contributed by atoms with Gasteiger partial charge in [0.2, 0.25) is 5.82 Å². The van der Waals surface area contributed by atoms with Crippen LogP contribution in [0.3, 0.4) is 0 Å². The molecule has 4 heteroatoms. The third kappa shape index (κ3) is 3.77. The molecule has 1 heterocycles. The summed E-state index contributed by atoms with van der Waals surface area (Å²) in [6.45, 7) is 3.11. The van der Waals surface area contributed by atoms with E-state index in [9.17, 15) is 8.78 Å². The first kappa shape index (κ1) is 12.9. The molecule has 1 aromatic carbocycles. The van der Waals surface area contributed by atoms with Crippen LogP contribution < -0.4 is 4.74 Å². The topological polar surface area (TPSA) is 18.5 Å². The molecule has 0 N–H and O–H groups in total. The molecule has 0 saturated carbocycles. The molecule has 1 aliphatic heterocycles. The lowest BCUT2D eigenvalue weighted by atomic mass is 10.3. The zero-order chi connectivity index (χ0) is 12.0. The summed E-state index contributed by atoms with van der Waals surface area (Å²) in [4.78, 5) is 0. The van der Waals surface area contributed by atoms with Crippen molar-refractivity contribution in [3.05, 3.63) is 29.8 Å². The van der Waals surface area contributed by atoms with Gasteiger partial charge in [-0.05, 0) is 31.9 Å². The zero-order valence-electron chi connectivity index (χ0n) is 9.50. The van der Waals surface area contributed by atoms with Crippen LogP contribution in [0, 0.1) is 11.6 Å². The number of halogens is 2. The predicted molar refractivity (Wildman–Crippen MR) is 57.6 cm³/mol. The first-order valence-electron chi connectivity index (χ1n) is 5.24. The molecule has 1 atom stereocenters. The molecule has 2 rings (SSSR count). The maximum Gasteiger partial charge on any atom is 0.200 e. The fourth-order valence-electron chi connectivity index (χ4n) is 1.38. The Balaban J connectivity index is 0.000000181. The molecule has 0 bridgehead atoms. The van der Waals surface area contributed by atoms with Crippen molar-refractivity contribution in [2.45, 2.75) is 25.9 Å². The maximum atomic E-state index is 12.5. The van der Waals surface area contributed by atoms with Crippen molar-refractivity contribution in [2.75, 3.05) is 13.7 Å². The van der Waals surface area contributed by atoms with E-state index in [1.54, 1.807) is 0 Å². The van der Waals surface area contributed by atoms with E-state index in [0.717, 1.165) is 12.7 Å². The van der Waals surface area contributed by atoms with Crippen LogP contribution in [0.25, 0.3) is 0 Å². The predicted octanol–water partition coefficient (Wildman–Crippen LogP) is 3.16. The molecule has 1 aromatic rings. The Hall–Kier alpha value is -1.16. The summed E-state index contributed by atoms with van der Waals surface area (Å²) in [6, 6.07) is 3.79. The summed E-state index contributed by atoms with van der Waals surface area (Å²) in [5.41, 5.74) is 0. The first-order valence-corrected chi connectivity index (χ1v) is 5.24. The highest BCUT2D eigenvalue weighted by molar-refractivity contribution is 5.24. The normalized spacial score (nSPS) is 18.9. The van der Waals surface area contributed by atoms with Crippen molar-refractivity contribution in [1.29, 1.82) is 0 Å². The van der Waals surface area contributed by atoms with Gasteiger partial charge >= 0.3 is 0 Å². The van der Waals surface area contributed by atoms with Gasteiger partial charge in [0.1, 0.15) is 0 Å². The van der Waals surface area contributed by atoms with E-state index < -0.39 is 11.6 Å². The highest BCUT2D eigenvalue weighted by atomic mass is 19.2. The van der Waals surface area contributed by atoms with Crippen LogP contribution in [-0.4, -0.2) is 19.8 Å². The van der Waals surface area contributed by atoms with Gasteiger partial charge < -0.3 is 9.47 Å². The summed E-state index contributed by atoms with van der Waals surface area (Å²) in [5, 5.41) is 0. The molecule has 0 radical (unpaired) electrons. The van der Waals surface area contributed by atoms with Gasteiger partial charge in [-0.25, -0.2) is 4.39 Å². The SMILES string of the molecule is COc1cccc(F)c1F.C[C@@H]1CCCO1. The van der Waals surface area contributed by atoms with E-state index in [0.29, 0.717) is 6.10 Å². The van der Waals surface area contributed by atoms with Crippen LogP contribution >= 0.6 is 0 Å². The summed E-state index contributed by atoms with van der Waals surface area (Å²) in [7, 11) is 1.29. The molecule has 1 aliphatic rings. The molecule has 0 aliphatic carbocycles. The van der Waals surface area contributed by atoms with Gasteiger partial charge in [-0.2, -0.15) is 4.39 Å². The lowest BCUT2D eigenvalue weighted by molar-refractivity contribution is 0.125. The molecule has 0 amide bonds. The molecule has 2 nitrogen and oxygen atoms in total. The van der Waals surface area contributed by atoms with Gasteiger partial charge in [0.05, 0.1) is 13.2 Å². The Kier molecular flexibility index (Phi) is 5.19. The third-order valence-electron chi connectivity index (χ3n) is 2.29. The van der Waals surface area contributed by atoms with Crippen LogP contribution in [0.4, 0.5) is 8.78 Å². The smallest absolute Gasteiger partial charge is 0.200 e. The highest BCUT2D eigenvalue weighted by Gasteiger charge is 2.07. The summed E-state index contributed by atoms with van der Waals surface area (Å²) >= 11 is 0. The van der Waals surface area contributed by atoms with E-state index in [2.05, 4.69) is 11.7 Å². The molecule has 0 spiro atoms. The van der Waals surface area contributed by atoms with Crippen molar-refractivity contribution in [1.82, 2.24) is 0 Å². The maximum absolute atomic E-state index is 12.5. The highest BCUT2D eigenvalue weighted by Crippen LogP contribution is 2.17. The minimum Gasteiger partial charge on any atom is -0.494 e. The van der Waals surface area contributed by atoms with Gasteiger partial charge in [0.15, 0.2) is 11.6 Å². The molecule has 90 valence electrons. The number of ether oxygens (including phenoxy) is 2. The van der Waals surface area contributed by atoms with Crippen molar-refractivity contribution in [3.63, 3.8) is 0 Å². The van der Waals surface area contributed by atoms with E-state index in [1.807, 2.05) is 0 Å². The van der Waals surface area contributed by atoms with Crippen LogP contribution in [0.15, 0.2) is 18.2 Å². The van der Waals surface area contributed by atoms with Crippen LogP contribution in [-0.2, 0) is 4.74 Å². The average Bonchev–Trinajstić information content (AvgIpc) is 2.74. The zero-order valence-corrected chi connectivity index (χ0v) is 9.50. The number of rotatable bonds is 1. The Bertz CT molecular complexity index is 323. The summed E-state index contributed by atoms with van der Waals surface area (Å²) in [6.07, 6.45) is 3.08. The van der Waals surface area contributed by atoms with Gasteiger partial charge in [0.25, 0.3) is 0 Å². The first-order chi connectivity index (χ1) is 7.65. The van der Waals surface area contributed by atoms with Crippen LogP contribution in [0.2, 0.25) is 0 Å². The van der Waals surface area contributed by atoms with Crippen molar-refractivity contribution < 1.29 is 18.3 Å². The van der Waals surface area contributed by atoms with E-state index >= 15 is 0 Å². The minimum absolute atomic E-state index is 0.0694. The van der Waals surface area contributed by atoms with E-state index in [-0.39, 0.29) is 5.75 Å². The van der Waals surface area contributed by atoms with Crippen molar-refractivity contribution in [3.8, 4) is 5.75 Å². The average molecular weight is 230 g/mol. The van der Waals surface area contributed by atoms with Crippen LogP contribution in [0.5, 0.6) is 5.75 Å². The van der Waals surface area contributed by atoms with Gasteiger partial charge in [-0.15, -0.1) is 0 Å².